The van der Waals surface area contributed by atoms with Crippen LogP contribution in [0.25, 0.3) is 0 Å². The molecule has 4 heteroatoms. The van der Waals surface area contributed by atoms with Crippen LogP contribution >= 0.6 is 0 Å². The number of carboxylic acids is 1. The van der Waals surface area contributed by atoms with Crippen LogP contribution in [0.3, 0.4) is 0 Å². The van der Waals surface area contributed by atoms with Gasteiger partial charge >= 0.3 is 5.97 Å². The lowest BCUT2D eigenvalue weighted by molar-refractivity contribution is -0.131. The summed E-state index contributed by atoms with van der Waals surface area (Å²) in [6, 6.07) is 13.2. The molecule has 0 radical (unpaired) electrons. The number of hydrogen-bond donors (Lipinski definition) is 1. The van der Waals surface area contributed by atoms with Gasteiger partial charge in [0.25, 0.3) is 0 Å². The number of aryl methyl sites for hydroxylation is 2. The largest absolute Gasteiger partial charge is 0.488 e. The van der Waals surface area contributed by atoms with Crippen molar-refractivity contribution in [1.29, 1.82) is 0 Å². The molecule has 0 bridgehead atoms. The van der Waals surface area contributed by atoms with E-state index in [0.717, 1.165) is 23.3 Å². The number of carbonyl (C=O) groups excluding carboxylic acids is 1. The molecule has 2 aromatic rings. The third kappa shape index (κ3) is 4.81. The Labute approximate surface area is 135 Å². The number of carboxylic acid groups (broad SMARTS) is 1. The van der Waals surface area contributed by atoms with Crippen LogP contribution in [0.15, 0.2) is 54.6 Å². The fourth-order valence-corrected chi connectivity index (χ4v) is 2.04. The van der Waals surface area contributed by atoms with E-state index in [-0.39, 0.29) is 0 Å². The van der Waals surface area contributed by atoms with Gasteiger partial charge in [-0.3, -0.25) is 4.79 Å². The molecule has 0 aliphatic rings. The predicted molar refractivity (Wildman–Crippen MR) is 87.8 cm³/mol. The molecule has 0 aromatic heterocycles. The van der Waals surface area contributed by atoms with Crippen LogP contribution in [-0.4, -0.2) is 16.9 Å². The van der Waals surface area contributed by atoms with Gasteiger partial charge in [0.15, 0.2) is 5.78 Å². The summed E-state index contributed by atoms with van der Waals surface area (Å²) in [5, 5.41) is 8.64. The molecule has 0 saturated carbocycles. The molecule has 0 spiro atoms. The van der Waals surface area contributed by atoms with Crippen molar-refractivity contribution in [3.63, 3.8) is 0 Å². The van der Waals surface area contributed by atoms with E-state index in [1.54, 1.807) is 12.1 Å². The van der Waals surface area contributed by atoms with E-state index < -0.39 is 11.8 Å². The van der Waals surface area contributed by atoms with E-state index in [2.05, 4.69) is 0 Å². The minimum atomic E-state index is -1.16. The quantitative estimate of drug-likeness (QED) is 0.652. The second-order valence-electron chi connectivity index (χ2n) is 5.31. The van der Waals surface area contributed by atoms with Gasteiger partial charge in [0.2, 0.25) is 0 Å². The van der Waals surface area contributed by atoms with Crippen molar-refractivity contribution in [1.82, 2.24) is 0 Å². The van der Waals surface area contributed by atoms with Crippen LogP contribution in [0.1, 0.15) is 27.0 Å². The highest BCUT2D eigenvalue weighted by molar-refractivity contribution is 6.08. The van der Waals surface area contributed by atoms with Crippen molar-refractivity contribution in [3.8, 4) is 5.75 Å². The molecule has 0 saturated heterocycles. The molecule has 0 unspecified atom stereocenters. The molecule has 2 aromatic carbocycles. The summed E-state index contributed by atoms with van der Waals surface area (Å²) in [6.07, 6.45) is 1.87. The first-order valence-corrected chi connectivity index (χ1v) is 7.20. The van der Waals surface area contributed by atoms with Crippen molar-refractivity contribution in [2.75, 3.05) is 0 Å². The Hall–Kier alpha value is -2.88. The number of aliphatic carboxylic acids is 1. The highest BCUT2D eigenvalue weighted by Gasteiger charge is 2.11. The summed E-state index contributed by atoms with van der Waals surface area (Å²) in [6.45, 7) is 4.21. The average molecular weight is 310 g/mol. The summed E-state index contributed by atoms with van der Waals surface area (Å²) < 4.78 is 5.74. The van der Waals surface area contributed by atoms with Crippen LogP contribution in [0, 0.1) is 13.8 Å². The highest BCUT2D eigenvalue weighted by atomic mass is 16.5. The molecule has 0 fully saturated rings. The molecule has 0 aliphatic carbocycles. The van der Waals surface area contributed by atoms with Gasteiger partial charge in [0.1, 0.15) is 12.4 Å². The molecule has 0 atom stereocenters. The molecule has 23 heavy (non-hydrogen) atoms. The minimum absolute atomic E-state index is 0.340. The predicted octanol–water partition coefficient (Wildman–Crippen LogP) is 3.71. The van der Waals surface area contributed by atoms with Gasteiger partial charge in [-0.15, -0.1) is 0 Å². The Balaban J connectivity index is 2.19. The molecular formula is C19H18O4. The van der Waals surface area contributed by atoms with Gasteiger partial charge in [-0.25, -0.2) is 4.79 Å². The number of ether oxygens (including phenoxy) is 1. The number of ketones is 1. The Kier molecular flexibility index (Phi) is 5.31. The number of allylic oxidation sites excluding steroid dienone is 1. The molecule has 2 rings (SSSR count). The zero-order valence-corrected chi connectivity index (χ0v) is 13.1. The van der Waals surface area contributed by atoms with Gasteiger partial charge < -0.3 is 9.84 Å². The molecule has 4 nitrogen and oxygen atoms in total. The number of carbonyl (C=O) groups is 2. The molecule has 0 heterocycles. The fourth-order valence-electron chi connectivity index (χ4n) is 2.04. The zero-order valence-electron chi connectivity index (χ0n) is 13.1. The molecule has 118 valence electrons. The second kappa shape index (κ2) is 7.40. The molecular weight excluding hydrogens is 292 g/mol. The van der Waals surface area contributed by atoms with Crippen LogP contribution < -0.4 is 4.74 Å². The van der Waals surface area contributed by atoms with Gasteiger partial charge in [0, 0.05) is 6.08 Å². The van der Waals surface area contributed by atoms with E-state index in [9.17, 15) is 9.59 Å². The Bertz CT molecular complexity index is 742. The van der Waals surface area contributed by atoms with E-state index in [1.165, 1.54) is 5.56 Å². The number of benzene rings is 2. The number of rotatable bonds is 6. The molecule has 0 amide bonds. The lowest BCUT2D eigenvalue weighted by Gasteiger charge is -2.11. The van der Waals surface area contributed by atoms with E-state index in [4.69, 9.17) is 9.84 Å². The van der Waals surface area contributed by atoms with Crippen molar-refractivity contribution in [2.45, 2.75) is 20.5 Å². The second-order valence-corrected chi connectivity index (χ2v) is 5.31. The van der Waals surface area contributed by atoms with Crippen LogP contribution in [0.2, 0.25) is 0 Å². The summed E-state index contributed by atoms with van der Waals surface area (Å²) in [4.78, 5) is 22.7. The third-order valence-electron chi connectivity index (χ3n) is 3.29. The first-order valence-electron chi connectivity index (χ1n) is 7.20. The zero-order chi connectivity index (χ0) is 16.8. The maximum Gasteiger partial charge on any atom is 0.328 e. The summed E-state index contributed by atoms with van der Waals surface area (Å²) in [5.41, 5.74) is 3.42. The lowest BCUT2D eigenvalue weighted by Crippen LogP contribution is -2.03. The van der Waals surface area contributed by atoms with E-state index in [1.807, 2.05) is 44.2 Å². The summed E-state index contributed by atoms with van der Waals surface area (Å²) >= 11 is 0. The maximum absolute atomic E-state index is 12.1. The molecule has 0 aliphatic heterocycles. The Morgan fingerprint density at radius 3 is 2.30 bits per heavy atom. The van der Waals surface area contributed by atoms with Gasteiger partial charge in [-0.1, -0.05) is 41.5 Å². The average Bonchev–Trinajstić information content (AvgIpc) is 2.53. The van der Waals surface area contributed by atoms with Crippen LogP contribution in [0.4, 0.5) is 0 Å². The van der Waals surface area contributed by atoms with Gasteiger partial charge in [-0.05, 0) is 37.6 Å². The standard InChI is InChI=1S/C19H18O4/c1-13-3-6-15(7-4-13)12-23-18-9-5-14(2)11-16(18)17(20)8-10-19(21)22/h3-11H,12H2,1-2H3,(H,21,22)/b10-8+. The van der Waals surface area contributed by atoms with Crippen molar-refractivity contribution in [3.05, 3.63) is 76.9 Å². The topological polar surface area (TPSA) is 63.6 Å². The van der Waals surface area contributed by atoms with E-state index in [0.29, 0.717) is 17.9 Å². The minimum Gasteiger partial charge on any atom is -0.488 e. The molecule has 1 N–H and O–H groups in total. The first-order chi connectivity index (χ1) is 11.0. The first kappa shape index (κ1) is 16.5. The van der Waals surface area contributed by atoms with E-state index >= 15 is 0 Å². The fraction of sp³-hybridized carbons (Fsp3) is 0.158. The third-order valence-corrected chi connectivity index (χ3v) is 3.29. The smallest absolute Gasteiger partial charge is 0.328 e. The summed E-state index contributed by atoms with van der Waals surface area (Å²) in [5.74, 6) is -1.11. The van der Waals surface area contributed by atoms with Crippen molar-refractivity contribution >= 4 is 11.8 Å². The Morgan fingerprint density at radius 1 is 1.00 bits per heavy atom. The monoisotopic (exact) mass is 310 g/mol. The maximum atomic E-state index is 12.1. The normalized spacial score (nSPS) is 10.7. The van der Waals surface area contributed by atoms with Crippen molar-refractivity contribution in [2.24, 2.45) is 0 Å². The van der Waals surface area contributed by atoms with Gasteiger partial charge in [0.05, 0.1) is 5.56 Å². The van der Waals surface area contributed by atoms with Crippen LogP contribution in [0.5, 0.6) is 5.75 Å². The SMILES string of the molecule is Cc1ccc(COc2ccc(C)cc2C(=O)/C=C/C(=O)O)cc1. The lowest BCUT2D eigenvalue weighted by atomic mass is 10.1. The number of hydrogen-bond acceptors (Lipinski definition) is 3. The van der Waals surface area contributed by atoms with Crippen LogP contribution in [-0.2, 0) is 11.4 Å². The van der Waals surface area contributed by atoms with Gasteiger partial charge in [-0.2, -0.15) is 0 Å². The Morgan fingerprint density at radius 2 is 1.65 bits per heavy atom. The van der Waals surface area contributed by atoms with Crippen molar-refractivity contribution < 1.29 is 19.4 Å². The highest BCUT2D eigenvalue weighted by Crippen LogP contribution is 2.22. The summed E-state index contributed by atoms with van der Waals surface area (Å²) in [7, 11) is 0.